The molecule has 1 N–H and O–H groups in total. The SMILES string of the molecule is Cc1ccc(C)c(NC(=O)Cn2c(-c3ccncc3)nc3ccccc32)c1. The number of fused-ring (bicyclic) bond motifs is 1. The number of nitrogens with one attached hydrogen (secondary N) is 1. The van der Waals surface area contributed by atoms with Crippen LogP contribution in [0.15, 0.2) is 67.0 Å². The molecule has 0 atom stereocenters. The van der Waals surface area contributed by atoms with E-state index in [0.29, 0.717) is 0 Å². The van der Waals surface area contributed by atoms with Crippen LogP contribution in [0.2, 0.25) is 0 Å². The molecule has 4 aromatic rings. The van der Waals surface area contributed by atoms with Crippen LogP contribution in [0.1, 0.15) is 11.1 Å². The van der Waals surface area contributed by atoms with Crippen LogP contribution in [0, 0.1) is 13.8 Å². The van der Waals surface area contributed by atoms with Gasteiger partial charge < -0.3 is 9.88 Å². The van der Waals surface area contributed by atoms with E-state index in [0.717, 1.165) is 39.2 Å². The maximum atomic E-state index is 12.8. The molecular formula is C22H20N4O. The Kier molecular flexibility index (Phi) is 4.42. The predicted octanol–water partition coefficient (Wildman–Crippen LogP) is 4.35. The number of imidazole rings is 1. The third kappa shape index (κ3) is 3.44. The Hall–Kier alpha value is -3.47. The largest absolute Gasteiger partial charge is 0.324 e. The number of pyridine rings is 1. The standard InChI is InChI=1S/C22H20N4O/c1-15-7-8-16(2)19(13-15)24-21(27)14-26-20-6-4-3-5-18(20)25-22(26)17-9-11-23-12-10-17/h3-13H,14H2,1-2H3,(H,24,27). The van der Waals surface area contributed by atoms with Crippen LogP contribution in [0.4, 0.5) is 5.69 Å². The molecule has 4 rings (SSSR count). The molecule has 27 heavy (non-hydrogen) atoms. The number of amides is 1. The van der Waals surface area contributed by atoms with Crippen molar-refractivity contribution in [2.75, 3.05) is 5.32 Å². The Labute approximate surface area is 157 Å². The fourth-order valence-corrected chi connectivity index (χ4v) is 3.16. The number of carbonyl (C=O) groups excluding carboxylic acids is 1. The van der Waals surface area contributed by atoms with Crippen molar-refractivity contribution in [2.24, 2.45) is 0 Å². The first-order valence-corrected chi connectivity index (χ1v) is 8.84. The number of nitrogens with zero attached hydrogens (tertiary/aromatic N) is 3. The maximum absolute atomic E-state index is 12.8. The Balaban J connectivity index is 1.70. The molecular weight excluding hydrogens is 336 g/mol. The molecule has 0 radical (unpaired) electrons. The quantitative estimate of drug-likeness (QED) is 0.591. The minimum Gasteiger partial charge on any atom is -0.324 e. The molecule has 2 aromatic carbocycles. The van der Waals surface area contributed by atoms with Crippen LogP contribution < -0.4 is 5.32 Å². The van der Waals surface area contributed by atoms with Crippen LogP contribution in [0.5, 0.6) is 0 Å². The van der Waals surface area contributed by atoms with Gasteiger partial charge in [-0.3, -0.25) is 9.78 Å². The van der Waals surface area contributed by atoms with Crippen molar-refractivity contribution < 1.29 is 4.79 Å². The highest BCUT2D eigenvalue weighted by Crippen LogP contribution is 2.25. The molecule has 0 fully saturated rings. The van der Waals surface area contributed by atoms with Gasteiger partial charge >= 0.3 is 0 Å². The molecule has 1 amide bonds. The van der Waals surface area contributed by atoms with Gasteiger partial charge in [0.05, 0.1) is 11.0 Å². The minimum atomic E-state index is -0.0813. The van der Waals surface area contributed by atoms with Crippen molar-refractivity contribution in [1.29, 1.82) is 0 Å². The summed E-state index contributed by atoms with van der Waals surface area (Å²) in [4.78, 5) is 21.6. The predicted molar refractivity (Wildman–Crippen MR) is 108 cm³/mol. The lowest BCUT2D eigenvalue weighted by Gasteiger charge is -2.12. The number of aromatic nitrogens is 3. The van der Waals surface area contributed by atoms with Crippen molar-refractivity contribution in [3.8, 4) is 11.4 Å². The van der Waals surface area contributed by atoms with Crippen LogP contribution in [0.3, 0.4) is 0 Å². The molecule has 0 saturated carbocycles. The van der Waals surface area contributed by atoms with Gasteiger partial charge in [0.25, 0.3) is 0 Å². The monoisotopic (exact) mass is 356 g/mol. The van der Waals surface area contributed by atoms with Crippen molar-refractivity contribution >= 4 is 22.6 Å². The summed E-state index contributed by atoms with van der Waals surface area (Å²) in [6.45, 7) is 4.19. The lowest BCUT2D eigenvalue weighted by Crippen LogP contribution is -2.20. The maximum Gasteiger partial charge on any atom is 0.244 e. The number of hydrogen-bond donors (Lipinski definition) is 1. The van der Waals surface area contributed by atoms with Gasteiger partial charge in [0.2, 0.25) is 5.91 Å². The summed E-state index contributed by atoms with van der Waals surface area (Å²) < 4.78 is 1.95. The summed E-state index contributed by atoms with van der Waals surface area (Å²) in [7, 11) is 0. The highest BCUT2D eigenvalue weighted by molar-refractivity contribution is 5.93. The molecule has 0 aliphatic carbocycles. The van der Waals surface area contributed by atoms with E-state index in [-0.39, 0.29) is 12.5 Å². The number of aryl methyl sites for hydroxylation is 2. The molecule has 0 unspecified atom stereocenters. The Morgan fingerprint density at radius 1 is 1.04 bits per heavy atom. The third-order valence-electron chi connectivity index (χ3n) is 4.56. The normalized spacial score (nSPS) is 10.9. The van der Waals surface area contributed by atoms with E-state index in [1.54, 1.807) is 12.4 Å². The second-order valence-corrected chi connectivity index (χ2v) is 6.61. The number of hydrogen-bond acceptors (Lipinski definition) is 3. The van der Waals surface area contributed by atoms with Gasteiger partial charge in [0, 0.05) is 23.6 Å². The lowest BCUT2D eigenvalue weighted by atomic mass is 10.1. The van der Waals surface area contributed by atoms with E-state index < -0.39 is 0 Å². The van der Waals surface area contributed by atoms with Crippen LogP contribution in [-0.2, 0) is 11.3 Å². The second kappa shape index (κ2) is 7.03. The van der Waals surface area contributed by atoms with Crippen molar-refractivity contribution in [2.45, 2.75) is 20.4 Å². The van der Waals surface area contributed by atoms with E-state index in [2.05, 4.69) is 10.3 Å². The number of para-hydroxylation sites is 2. The Morgan fingerprint density at radius 2 is 1.81 bits per heavy atom. The minimum absolute atomic E-state index is 0.0813. The molecule has 2 aromatic heterocycles. The fourth-order valence-electron chi connectivity index (χ4n) is 3.16. The molecule has 0 aliphatic rings. The molecule has 0 bridgehead atoms. The van der Waals surface area contributed by atoms with E-state index in [1.165, 1.54) is 0 Å². The summed E-state index contributed by atoms with van der Waals surface area (Å²) in [6.07, 6.45) is 3.46. The average molecular weight is 356 g/mol. The van der Waals surface area contributed by atoms with Gasteiger partial charge in [0.15, 0.2) is 0 Å². The number of anilines is 1. The molecule has 5 nitrogen and oxygen atoms in total. The molecule has 0 saturated heterocycles. The zero-order valence-electron chi connectivity index (χ0n) is 15.3. The fraction of sp³-hybridized carbons (Fsp3) is 0.136. The van der Waals surface area contributed by atoms with Crippen molar-refractivity contribution in [3.63, 3.8) is 0 Å². The second-order valence-electron chi connectivity index (χ2n) is 6.61. The summed E-state index contributed by atoms with van der Waals surface area (Å²) in [6, 6.07) is 17.7. The highest BCUT2D eigenvalue weighted by Gasteiger charge is 2.15. The smallest absolute Gasteiger partial charge is 0.244 e. The molecule has 134 valence electrons. The molecule has 0 aliphatic heterocycles. The third-order valence-corrected chi connectivity index (χ3v) is 4.56. The first-order chi connectivity index (χ1) is 13.1. The van der Waals surface area contributed by atoms with E-state index >= 15 is 0 Å². The average Bonchev–Trinajstić information content (AvgIpc) is 3.04. The van der Waals surface area contributed by atoms with E-state index in [1.807, 2.05) is 73.0 Å². The highest BCUT2D eigenvalue weighted by atomic mass is 16.1. The Morgan fingerprint density at radius 3 is 2.63 bits per heavy atom. The van der Waals surface area contributed by atoms with Gasteiger partial charge in [-0.15, -0.1) is 0 Å². The lowest BCUT2D eigenvalue weighted by molar-refractivity contribution is -0.116. The summed E-state index contributed by atoms with van der Waals surface area (Å²) >= 11 is 0. The van der Waals surface area contributed by atoms with Crippen LogP contribution >= 0.6 is 0 Å². The van der Waals surface area contributed by atoms with E-state index in [9.17, 15) is 4.79 Å². The first-order valence-electron chi connectivity index (χ1n) is 8.84. The molecule has 5 heteroatoms. The molecule has 0 spiro atoms. The van der Waals surface area contributed by atoms with Gasteiger partial charge in [-0.2, -0.15) is 0 Å². The van der Waals surface area contributed by atoms with Gasteiger partial charge in [-0.05, 0) is 55.3 Å². The van der Waals surface area contributed by atoms with E-state index in [4.69, 9.17) is 4.98 Å². The summed E-state index contributed by atoms with van der Waals surface area (Å²) in [5.74, 6) is 0.678. The zero-order chi connectivity index (χ0) is 18.8. The van der Waals surface area contributed by atoms with Gasteiger partial charge in [-0.25, -0.2) is 4.98 Å². The zero-order valence-corrected chi connectivity index (χ0v) is 15.3. The van der Waals surface area contributed by atoms with Gasteiger partial charge in [0.1, 0.15) is 12.4 Å². The van der Waals surface area contributed by atoms with Crippen LogP contribution in [0.25, 0.3) is 22.4 Å². The number of carbonyl (C=O) groups is 1. The number of benzene rings is 2. The summed E-state index contributed by atoms with van der Waals surface area (Å²) in [5.41, 5.74) is 5.72. The van der Waals surface area contributed by atoms with Crippen LogP contribution in [-0.4, -0.2) is 20.4 Å². The van der Waals surface area contributed by atoms with Gasteiger partial charge in [-0.1, -0.05) is 24.3 Å². The summed E-state index contributed by atoms with van der Waals surface area (Å²) in [5, 5.41) is 3.03. The van der Waals surface area contributed by atoms with Crippen molar-refractivity contribution in [3.05, 3.63) is 78.1 Å². The molecule has 2 heterocycles. The first kappa shape index (κ1) is 17.0. The topological polar surface area (TPSA) is 59.8 Å². The number of rotatable bonds is 4. The van der Waals surface area contributed by atoms with Crippen molar-refractivity contribution in [1.82, 2.24) is 14.5 Å². The Bertz CT molecular complexity index is 1120.